The number of nitrogens with one attached hydrogen (secondary N) is 2. The first kappa shape index (κ1) is 20.5. The molecule has 1 fully saturated rings. The highest BCUT2D eigenvalue weighted by atomic mass is 16.5. The van der Waals surface area contributed by atoms with Gasteiger partial charge in [-0.05, 0) is 38.8 Å². The first-order chi connectivity index (χ1) is 12.8. The summed E-state index contributed by atoms with van der Waals surface area (Å²) in [5.74, 6) is 1.77. The lowest BCUT2D eigenvalue weighted by atomic mass is 10.2. The third kappa shape index (κ3) is 8.54. The Hall–Kier alpha value is -1.79. The number of rotatable bonds is 11. The summed E-state index contributed by atoms with van der Waals surface area (Å²) in [6.45, 7) is 9.56. The Labute approximate surface area is 157 Å². The number of hydrogen-bond donors (Lipinski definition) is 2. The molecule has 1 aromatic carbocycles. The zero-order valence-electron chi connectivity index (χ0n) is 16.1. The van der Waals surface area contributed by atoms with Crippen molar-refractivity contribution in [3.05, 3.63) is 29.8 Å². The normalized spacial score (nSPS) is 17.3. The second-order valence-electron chi connectivity index (χ2n) is 6.41. The SMILES string of the molecule is CCNC(=NCCCOc1ccc(C)cc1)NCCCOC1CCOC1. The zero-order chi connectivity index (χ0) is 18.5. The van der Waals surface area contributed by atoms with Gasteiger partial charge in [0.25, 0.3) is 0 Å². The Bertz CT molecular complexity index is 514. The average Bonchev–Trinajstić information content (AvgIpc) is 3.16. The van der Waals surface area contributed by atoms with Gasteiger partial charge in [0.1, 0.15) is 5.75 Å². The minimum Gasteiger partial charge on any atom is -0.494 e. The summed E-state index contributed by atoms with van der Waals surface area (Å²) >= 11 is 0. The van der Waals surface area contributed by atoms with Gasteiger partial charge in [-0.2, -0.15) is 0 Å². The molecule has 0 amide bonds. The standard InChI is InChI=1S/C20H33N3O3/c1-3-21-20(23-12-5-14-26-19-10-15-24-16-19)22-11-4-13-25-18-8-6-17(2)7-9-18/h6-9,19H,3-5,10-16H2,1-2H3,(H2,21,22,23). The summed E-state index contributed by atoms with van der Waals surface area (Å²) in [4.78, 5) is 4.59. The van der Waals surface area contributed by atoms with Crippen molar-refractivity contribution in [1.82, 2.24) is 10.6 Å². The van der Waals surface area contributed by atoms with E-state index < -0.39 is 0 Å². The Kier molecular flexibility index (Phi) is 9.90. The molecule has 0 spiro atoms. The summed E-state index contributed by atoms with van der Waals surface area (Å²) < 4.78 is 16.8. The van der Waals surface area contributed by atoms with E-state index in [2.05, 4.69) is 41.6 Å². The number of nitrogens with zero attached hydrogens (tertiary/aromatic N) is 1. The van der Waals surface area contributed by atoms with Crippen molar-refractivity contribution < 1.29 is 14.2 Å². The first-order valence-corrected chi connectivity index (χ1v) is 9.69. The van der Waals surface area contributed by atoms with E-state index in [0.717, 1.165) is 70.4 Å². The predicted molar refractivity (Wildman–Crippen MR) is 105 cm³/mol. The van der Waals surface area contributed by atoms with E-state index in [9.17, 15) is 0 Å². The molecule has 1 saturated heterocycles. The van der Waals surface area contributed by atoms with Crippen LogP contribution in [0.15, 0.2) is 29.3 Å². The lowest BCUT2D eigenvalue weighted by Gasteiger charge is -2.13. The second-order valence-corrected chi connectivity index (χ2v) is 6.41. The molecule has 1 unspecified atom stereocenters. The smallest absolute Gasteiger partial charge is 0.191 e. The fourth-order valence-corrected chi connectivity index (χ4v) is 2.59. The van der Waals surface area contributed by atoms with Gasteiger partial charge in [0.15, 0.2) is 5.96 Å². The summed E-state index contributed by atoms with van der Waals surface area (Å²) in [5.41, 5.74) is 1.24. The molecular formula is C20H33N3O3. The van der Waals surface area contributed by atoms with Crippen LogP contribution in [0.2, 0.25) is 0 Å². The van der Waals surface area contributed by atoms with E-state index in [0.29, 0.717) is 6.61 Å². The summed E-state index contributed by atoms with van der Waals surface area (Å²) in [6, 6.07) is 8.13. The Morgan fingerprint density at radius 3 is 2.77 bits per heavy atom. The highest BCUT2D eigenvalue weighted by Crippen LogP contribution is 2.11. The third-order valence-electron chi connectivity index (χ3n) is 4.06. The maximum absolute atomic E-state index is 5.77. The largest absolute Gasteiger partial charge is 0.494 e. The number of aryl methyl sites for hydroxylation is 1. The zero-order valence-corrected chi connectivity index (χ0v) is 16.1. The highest BCUT2D eigenvalue weighted by molar-refractivity contribution is 5.79. The van der Waals surface area contributed by atoms with Crippen molar-refractivity contribution in [2.24, 2.45) is 4.99 Å². The van der Waals surface area contributed by atoms with Gasteiger partial charge >= 0.3 is 0 Å². The van der Waals surface area contributed by atoms with Crippen LogP contribution in [0.5, 0.6) is 5.75 Å². The summed E-state index contributed by atoms with van der Waals surface area (Å²) in [7, 11) is 0. The molecule has 1 atom stereocenters. The maximum atomic E-state index is 5.77. The van der Waals surface area contributed by atoms with Crippen LogP contribution in [0.1, 0.15) is 31.7 Å². The van der Waals surface area contributed by atoms with Crippen LogP contribution in [-0.2, 0) is 9.47 Å². The van der Waals surface area contributed by atoms with Crippen LogP contribution in [0.3, 0.4) is 0 Å². The molecule has 0 radical (unpaired) electrons. The molecule has 0 saturated carbocycles. The average molecular weight is 364 g/mol. The van der Waals surface area contributed by atoms with Gasteiger partial charge in [0.2, 0.25) is 0 Å². The Morgan fingerprint density at radius 1 is 1.19 bits per heavy atom. The maximum Gasteiger partial charge on any atom is 0.191 e. The number of hydrogen-bond acceptors (Lipinski definition) is 4. The van der Waals surface area contributed by atoms with Crippen LogP contribution in [-0.4, -0.2) is 58.1 Å². The molecule has 1 heterocycles. The molecule has 2 rings (SSSR count). The molecule has 0 bridgehead atoms. The second kappa shape index (κ2) is 12.5. The van der Waals surface area contributed by atoms with Crippen molar-refractivity contribution in [3.63, 3.8) is 0 Å². The van der Waals surface area contributed by atoms with Crippen molar-refractivity contribution in [3.8, 4) is 5.75 Å². The van der Waals surface area contributed by atoms with Crippen molar-refractivity contribution in [2.45, 2.75) is 39.2 Å². The van der Waals surface area contributed by atoms with Crippen LogP contribution in [0.4, 0.5) is 0 Å². The van der Waals surface area contributed by atoms with Crippen molar-refractivity contribution in [1.29, 1.82) is 0 Å². The molecule has 0 aromatic heterocycles. The predicted octanol–water partition coefficient (Wildman–Crippen LogP) is 2.51. The molecule has 1 aliphatic heterocycles. The molecule has 2 N–H and O–H groups in total. The number of benzene rings is 1. The van der Waals surface area contributed by atoms with Gasteiger partial charge in [-0.25, -0.2) is 0 Å². The molecule has 146 valence electrons. The topological polar surface area (TPSA) is 64.1 Å². The summed E-state index contributed by atoms with van der Waals surface area (Å²) in [5, 5.41) is 6.61. The number of aliphatic imine (C=N–C) groups is 1. The van der Waals surface area contributed by atoms with E-state index in [-0.39, 0.29) is 6.10 Å². The molecule has 1 aromatic rings. The van der Waals surface area contributed by atoms with Crippen LogP contribution in [0.25, 0.3) is 0 Å². The quantitative estimate of drug-likeness (QED) is 0.359. The molecule has 6 nitrogen and oxygen atoms in total. The molecular weight excluding hydrogens is 330 g/mol. The number of ether oxygens (including phenoxy) is 3. The lowest BCUT2D eigenvalue weighted by Crippen LogP contribution is -2.38. The van der Waals surface area contributed by atoms with E-state index in [1.54, 1.807) is 0 Å². The molecule has 1 aliphatic rings. The first-order valence-electron chi connectivity index (χ1n) is 9.69. The minimum atomic E-state index is 0.283. The Morgan fingerprint density at radius 2 is 2.04 bits per heavy atom. The third-order valence-corrected chi connectivity index (χ3v) is 4.06. The van der Waals surface area contributed by atoms with E-state index in [4.69, 9.17) is 14.2 Å². The lowest BCUT2D eigenvalue weighted by molar-refractivity contribution is 0.0420. The minimum absolute atomic E-state index is 0.283. The van der Waals surface area contributed by atoms with Crippen molar-refractivity contribution in [2.75, 3.05) is 46.1 Å². The number of guanidine groups is 1. The molecule has 26 heavy (non-hydrogen) atoms. The summed E-state index contributed by atoms with van der Waals surface area (Å²) in [6.07, 6.45) is 3.14. The van der Waals surface area contributed by atoms with Gasteiger partial charge in [-0.1, -0.05) is 17.7 Å². The monoisotopic (exact) mass is 363 g/mol. The van der Waals surface area contributed by atoms with Gasteiger partial charge in [-0.3, -0.25) is 4.99 Å². The van der Waals surface area contributed by atoms with Crippen LogP contribution < -0.4 is 15.4 Å². The van der Waals surface area contributed by atoms with Gasteiger partial charge in [-0.15, -0.1) is 0 Å². The fraction of sp³-hybridized carbons (Fsp3) is 0.650. The Balaban J connectivity index is 1.55. The van der Waals surface area contributed by atoms with Crippen LogP contribution in [0, 0.1) is 6.92 Å². The van der Waals surface area contributed by atoms with Crippen molar-refractivity contribution >= 4 is 5.96 Å². The molecule has 6 heteroatoms. The molecule has 0 aliphatic carbocycles. The van der Waals surface area contributed by atoms with Gasteiger partial charge < -0.3 is 24.8 Å². The van der Waals surface area contributed by atoms with Gasteiger partial charge in [0, 0.05) is 39.3 Å². The van der Waals surface area contributed by atoms with E-state index in [1.807, 2.05) is 12.1 Å². The van der Waals surface area contributed by atoms with E-state index >= 15 is 0 Å². The highest BCUT2D eigenvalue weighted by Gasteiger charge is 2.15. The van der Waals surface area contributed by atoms with E-state index in [1.165, 1.54) is 5.56 Å². The van der Waals surface area contributed by atoms with Crippen LogP contribution >= 0.6 is 0 Å². The fourth-order valence-electron chi connectivity index (χ4n) is 2.59. The van der Waals surface area contributed by atoms with Gasteiger partial charge in [0.05, 0.1) is 19.3 Å².